The van der Waals surface area contributed by atoms with Gasteiger partial charge in [0.25, 0.3) is 0 Å². The van der Waals surface area contributed by atoms with E-state index in [0.29, 0.717) is 30.6 Å². The lowest BCUT2D eigenvalue weighted by atomic mass is 10.2. The molecule has 1 aromatic carbocycles. The van der Waals surface area contributed by atoms with Gasteiger partial charge in [-0.15, -0.1) is 0 Å². The SMILES string of the molecule is CCC(C)N(CCOC)CC(=O)Nc1ccccc1N. The molecule has 0 aliphatic carbocycles. The molecule has 112 valence electrons. The van der Waals surface area contributed by atoms with Gasteiger partial charge in [0.15, 0.2) is 0 Å². The summed E-state index contributed by atoms with van der Waals surface area (Å²) >= 11 is 0. The van der Waals surface area contributed by atoms with Crippen LogP contribution < -0.4 is 11.1 Å². The first kappa shape index (κ1) is 16.5. The van der Waals surface area contributed by atoms with Crippen LogP contribution in [0.1, 0.15) is 20.3 Å². The first-order valence-corrected chi connectivity index (χ1v) is 6.95. The molecule has 1 atom stereocenters. The number of amides is 1. The molecular formula is C15H25N3O2. The fourth-order valence-electron chi connectivity index (χ4n) is 1.91. The maximum absolute atomic E-state index is 12.1. The molecule has 5 nitrogen and oxygen atoms in total. The molecule has 1 unspecified atom stereocenters. The Kier molecular flexibility index (Phi) is 7.04. The number of nitrogens with zero attached hydrogens (tertiary/aromatic N) is 1. The minimum Gasteiger partial charge on any atom is -0.397 e. The van der Waals surface area contributed by atoms with E-state index >= 15 is 0 Å². The van der Waals surface area contributed by atoms with Crippen LogP contribution in [-0.4, -0.2) is 43.7 Å². The molecule has 0 aliphatic heterocycles. The highest BCUT2D eigenvalue weighted by Crippen LogP contribution is 2.16. The zero-order valence-corrected chi connectivity index (χ0v) is 12.6. The Morgan fingerprint density at radius 3 is 2.75 bits per heavy atom. The summed E-state index contributed by atoms with van der Waals surface area (Å²) < 4.78 is 5.09. The van der Waals surface area contributed by atoms with Crippen LogP contribution in [0.2, 0.25) is 0 Å². The summed E-state index contributed by atoms with van der Waals surface area (Å²) in [4.78, 5) is 14.2. The predicted octanol–water partition coefficient (Wildman–Crippen LogP) is 1.95. The Hall–Kier alpha value is -1.59. The van der Waals surface area contributed by atoms with Gasteiger partial charge in [-0.3, -0.25) is 9.69 Å². The van der Waals surface area contributed by atoms with Crippen LogP contribution in [0.4, 0.5) is 11.4 Å². The molecule has 0 saturated carbocycles. The van der Waals surface area contributed by atoms with Crippen LogP contribution in [-0.2, 0) is 9.53 Å². The number of benzene rings is 1. The van der Waals surface area contributed by atoms with Crippen LogP contribution in [0.15, 0.2) is 24.3 Å². The third kappa shape index (κ3) is 5.19. The van der Waals surface area contributed by atoms with E-state index in [2.05, 4.69) is 24.1 Å². The summed E-state index contributed by atoms with van der Waals surface area (Å²) in [6.07, 6.45) is 0.991. The summed E-state index contributed by atoms with van der Waals surface area (Å²) in [5.74, 6) is -0.0562. The lowest BCUT2D eigenvalue weighted by molar-refractivity contribution is -0.118. The number of hydrogen-bond acceptors (Lipinski definition) is 4. The normalized spacial score (nSPS) is 12.4. The molecule has 0 bridgehead atoms. The Labute approximate surface area is 121 Å². The smallest absolute Gasteiger partial charge is 0.238 e. The van der Waals surface area contributed by atoms with E-state index < -0.39 is 0 Å². The third-order valence-corrected chi connectivity index (χ3v) is 3.38. The summed E-state index contributed by atoms with van der Waals surface area (Å²) in [5, 5.41) is 2.85. The number of nitrogens with two attached hydrogens (primary N) is 1. The fraction of sp³-hybridized carbons (Fsp3) is 0.533. The molecule has 20 heavy (non-hydrogen) atoms. The Morgan fingerprint density at radius 1 is 1.45 bits per heavy atom. The van der Waals surface area contributed by atoms with Crippen LogP contribution in [0, 0.1) is 0 Å². The number of carbonyl (C=O) groups is 1. The van der Waals surface area contributed by atoms with E-state index in [1.165, 1.54) is 0 Å². The van der Waals surface area contributed by atoms with Gasteiger partial charge in [0, 0.05) is 19.7 Å². The predicted molar refractivity (Wildman–Crippen MR) is 82.7 cm³/mol. The second-order valence-electron chi connectivity index (χ2n) is 4.86. The van der Waals surface area contributed by atoms with Crippen LogP contribution in [0.25, 0.3) is 0 Å². The molecule has 1 amide bonds. The average Bonchev–Trinajstić information content (AvgIpc) is 2.45. The van der Waals surface area contributed by atoms with Gasteiger partial charge in [-0.25, -0.2) is 0 Å². The number of para-hydroxylation sites is 2. The molecular weight excluding hydrogens is 254 g/mol. The Balaban J connectivity index is 2.59. The first-order chi connectivity index (χ1) is 9.58. The highest BCUT2D eigenvalue weighted by molar-refractivity contribution is 5.95. The number of ether oxygens (including phenoxy) is 1. The molecule has 0 aliphatic rings. The van der Waals surface area contributed by atoms with E-state index in [4.69, 9.17) is 10.5 Å². The summed E-state index contributed by atoms with van der Waals surface area (Å²) in [6, 6.07) is 7.60. The van der Waals surface area contributed by atoms with Crippen molar-refractivity contribution >= 4 is 17.3 Å². The number of hydrogen-bond donors (Lipinski definition) is 2. The number of carbonyl (C=O) groups excluding carboxylic acids is 1. The van der Waals surface area contributed by atoms with E-state index in [-0.39, 0.29) is 5.91 Å². The number of methoxy groups -OCH3 is 1. The van der Waals surface area contributed by atoms with Crippen molar-refractivity contribution in [3.8, 4) is 0 Å². The van der Waals surface area contributed by atoms with Crippen molar-refractivity contribution in [2.45, 2.75) is 26.3 Å². The Bertz CT molecular complexity index is 423. The van der Waals surface area contributed by atoms with Gasteiger partial charge >= 0.3 is 0 Å². The van der Waals surface area contributed by atoms with Crippen LogP contribution in [0.3, 0.4) is 0 Å². The van der Waals surface area contributed by atoms with Gasteiger partial charge in [-0.2, -0.15) is 0 Å². The monoisotopic (exact) mass is 279 g/mol. The van der Waals surface area contributed by atoms with E-state index in [1.807, 2.05) is 12.1 Å². The van der Waals surface area contributed by atoms with Gasteiger partial charge in [0.05, 0.1) is 24.5 Å². The maximum atomic E-state index is 12.1. The number of rotatable bonds is 8. The lowest BCUT2D eigenvalue weighted by Crippen LogP contribution is -2.41. The first-order valence-electron chi connectivity index (χ1n) is 6.95. The van der Waals surface area contributed by atoms with Gasteiger partial charge in [-0.05, 0) is 25.5 Å². The molecule has 0 spiro atoms. The van der Waals surface area contributed by atoms with E-state index in [1.54, 1.807) is 19.2 Å². The van der Waals surface area contributed by atoms with Crippen molar-refractivity contribution in [2.75, 3.05) is 37.9 Å². The minimum absolute atomic E-state index is 0.0562. The van der Waals surface area contributed by atoms with Gasteiger partial charge in [0.2, 0.25) is 5.91 Å². The highest BCUT2D eigenvalue weighted by atomic mass is 16.5. The number of nitrogen functional groups attached to an aromatic ring is 1. The van der Waals surface area contributed by atoms with Crippen LogP contribution in [0.5, 0.6) is 0 Å². The van der Waals surface area contributed by atoms with Crippen molar-refractivity contribution in [1.29, 1.82) is 0 Å². The number of nitrogens with one attached hydrogen (secondary N) is 1. The second kappa shape index (κ2) is 8.55. The molecule has 1 rings (SSSR count). The molecule has 0 radical (unpaired) electrons. The van der Waals surface area contributed by atoms with Crippen LogP contribution >= 0.6 is 0 Å². The van der Waals surface area contributed by atoms with E-state index in [0.717, 1.165) is 13.0 Å². The summed E-state index contributed by atoms with van der Waals surface area (Å²) in [7, 11) is 1.67. The zero-order valence-electron chi connectivity index (χ0n) is 12.6. The minimum atomic E-state index is -0.0562. The molecule has 3 N–H and O–H groups in total. The second-order valence-corrected chi connectivity index (χ2v) is 4.86. The molecule has 0 aromatic heterocycles. The number of anilines is 2. The average molecular weight is 279 g/mol. The molecule has 5 heteroatoms. The van der Waals surface area contributed by atoms with E-state index in [9.17, 15) is 4.79 Å². The summed E-state index contributed by atoms with van der Waals surface area (Å²) in [6.45, 7) is 5.92. The molecule has 0 fully saturated rings. The Morgan fingerprint density at radius 2 is 2.15 bits per heavy atom. The van der Waals surface area contributed by atoms with Crippen molar-refractivity contribution < 1.29 is 9.53 Å². The van der Waals surface area contributed by atoms with Crippen molar-refractivity contribution in [3.63, 3.8) is 0 Å². The van der Waals surface area contributed by atoms with Crippen molar-refractivity contribution in [2.24, 2.45) is 0 Å². The summed E-state index contributed by atoms with van der Waals surface area (Å²) in [5.41, 5.74) is 7.05. The highest BCUT2D eigenvalue weighted by Gasteiger charge is 2.16. The fourth-order valence-corrected chi connectivity index (χ4v) is 1.91. The van der Waals surface area contributed by atoms with Gasteiger partial charge < -0.3 is 15.8 Å². The molecule has 0 saturated heterocycles. The molecule has 1 aromatic rings. The van der Waals surface area contributed by atoms with Gasteiger partial charge in [-0.1, -0.05) is 19.1 Å². The topological polar surface area (TPSA) is 67.6 Å². The van der Waals surface area contributed by atoms with Gasteiger partial charge in [0.1, 0.15) is 0 Å². The zero-order chi connectivity index (χ0) is 15.0. The largest absolute Gasteiger partial charge is 0.397 e. The van der Waals surface area contributed by atoms with Crippen molar-refractivity contribution in [3.05, 3.63) is 24.3 Å². The lowest BCUT2D eigenvalue weighted by Gasteiger charge is -2.27. The third-order valence-electron chi connectivity index (χ3n) is 3.38. The molecule has 0 heterocycles. The maximum Gasteiger partial charge on any atom is 0.238 e. The standard InChI is InChI=1S/C15H25N3O2/c1-4-12(2)18(9-10-20-3)11-15(19)17-14-8-6-5-7-13(14)16/h5-8,12H,4,9-11,16H2,1-3H3,(H,17,19). The van der Waals surface area contributed by atoms with Crippen molar-refractivity contribution in [1.82, 2.24) is 4.90 Å². The quantitative estimate of drug-likeness (QED) is 0.714.